The molecule has 0 aliphatic carbocycles. The van der Waals surface area contributed by atoms with E-state index in [1.165, 1.54) is 40.6 Å². The van der Waals surface area contributed by atoms with Gasteiger partial charge in [0.05, 0.1) is 22.6 Å². The van der Waals surface area contributed by atoms with E-state index in [2.05, 4.69) is 27.3 Å². The molecule has 0 bridgehead atoms. The number of rotatable bonds is 5. The topological polar surface area (TPSA) is 67.2 Å². The van der Waals surface area contributed by atoms with Gasteiger partial charge in [0.15, 0.2) is 0 Å². The predicted molar refractivity (Wildman–Crippen MR) is 112 cm³/mol. The average molecular weight is 397 g/mol. The number of hydrogen-bond acceptors (Lipinski definition) is 5. The standard InChI is InChI=1S/C21H24N4O2S/c1-14-17-20(23-13-24(2)21(17)27)28-18(14)19(26)22-12-16(25-10-6-7-11-25)15-8-4-3-5-9-15/h3-5,8-9,13,16H,6-7,10-12H2,1-2H3,(H,22,26). The summed E-state index contributed by atoms with van der Waals surface area (Å²) in [4.78, 5) is 33.3. The van der Waals surface area contributed by atoms with Gasteiger partial charge in [-0.1, -0.05) is 30.3 Å². The van der Waals surface area contributed by atoms with Crippen LogP contribution in [0.4, 0.5) is 0 Å². The van der Waals surface area contributed by atoms with Crippen LogP contribution in [-0.2, 0) is 7.05 Å². The van der Waals surface area contributed by atoms with Gasteiger partial charge >= 0.3 is 0 Å². The molecule has 1 unspecified atom stereocenters. The van der Waals surface area contributed by atoms with Crippen LogP contribution in [0.3, 0.4) is 0 Å². The van der Waals surface area contributed by atoms with Crippen LogP contribution in [0.5, 0.6) is 0 Å². The monoisotopic (exact) mass is 396 g/mol. The second kappa shape index (κ2) is 7.85. The Bertz CT molecular complexity index is 1050. The zero-order chi connectivity index (χ0) is 19.7. The molecule has 7 heteroatoms. The Hall–Kier alpha value is -2.51. The van der Waals surface area contributed by atoms with Gasteiger partial charge in [0.1, 0.15) is 4.83 Å². The van der Waals surface area contributed by atoms with E-state index in [1.807, 2.05) is 25.1 Å². The molecular weight excluding hydrogens is 372 g/mol. The van der Waals surface area contributed by atoms with E-state index in [-0.39, 0.29) is 17.5 Å². The van der Waals surface area contributed by atoms with Crippen LogP contribution in [0.2, 0.25) is 0 Å². The number of likely N-dealkylation sites (tertiary alicyclic amines) is 1. The van der Waals surface area contributed by atoms with Crippen molar-refractivity contribution < 1.29 is 4.79 Å². The summed E-state index contributed by atoms with van der Waals surface area (Å²) in [7, 11) is 1.67. The SMILES string of the molecule is Cc1c(C(=O)NCC(c2ccccc2)N2CCCC2)sc2ncn(C)c(=O)c12. The molecule has 1 aliphatic rings. The maximum Gasteiger partial charge on any atom is 0.262 e. The molecule has 1 aromatic carbocycles. The van der Waals surface area contributed by atoms with Gasteiger partial charge in [-0.3, -0.25) is 14.5 Å². The first kappa shape index (κ1) is 18.8. The van der Waals surface area contributed by atoms with Gasteiger partial charge in [0.25, 0.3) is 11.5 Å². The van der Waals surface area contributed by atoms with Crippen molar-refractivity contribution in [3.63, 3.8) is 0 Å². The molecule has 4 rings (SSSR count). The molecule has 28 heavy (non-hydrogen) atoms. The highest BCUT2D eigenvalue weighted by molar-refractivity contribution is 7.20. The summed E-state index contributed by atoms with van der Waals surface area (Å²) in [5.74, 6) is -0.136. The Labute approximate surface area is 167 Å². The lowest BCUT2D eigenvalue weighted by Gasteiger charge is -2.28. The average Bonchev–Trinajstić information content (AvgIpc) is 3.34. The highest BCUT2D eigenvalue weighted by Crippen LogP contribution is 2.28. The van der Waals surface area contributed by atoms with Gasteiger partial charge in [-0.25, -0.2) is 4.98 Å². The number of aromatic nitrogens is 2. The number of nitrogens with zero attached hydrogens (tertiary/aromatic N) is 3. The second-order valence-electron chi connectivity index (χ2n) is 7.28. The molecule has 1 aliphatic heterocycles. The van der Waals surface area contributed by atoms with Crippen LogP contribution in [0, 0.1) is 6.92 Å². The molecule has 1 saturated heterocycles. The molecule has 2 aromatic heterocycles. The van der Waals surface area contributed by atoms with Gasteiger partial charge in [-0.15, -0.1) is 11.3 Å². The molecule has 1 N–H and O–H groups in total. The molecule has 1 fully saturated rings. The summed E-state index contributed by atoms with van der Waals surface area (Å²) >= 11 is 1.28. The summed E-state index contributed by atoms with van der Waals surface area (Å²) in [5, 5.41) is 3.64. The van der Waals surface area contributed by atoms with Gasteiger partial charge in [-0.2, -0.15) is 0 Å². The van der Waals surface area contributed by atoms with Crippen molar-refractivity contribution in [3.05, 3.63) is 63.0 Å². The maximum atomic E-state index is 12.9. The molecule has 1 atom stereocenters. The van der Waals surface area contributed by atoms with E-state index >= 15 is 0 Å². The summed E-state index contributed by atoms with van der Waals surface area (Å²) in [6.07, 6.45) is 3.89. The van der Waals surface area contributed by atoms with Gasteiger partial charge in [0.2, 0.25) is 0 Å². The van der Waals surface area contributed by atoms with Gasteiger partial charge in [0, 0.05) is 13.6 Å². The Balaban J connectivity index is 1.57. The largest absolute Gasteiger partial charge is 0.349 e. The van der Waals surface area contributed by atoms with Crippen molar-refractivity contribution in [2.24, 2.45) is 7.05 Å². The summed E-state index contributed by atoms with van der Waals surface area (Å²) in [6, 6.07) is 10.5. The number of nitrogens with one attached hydrogen (secondary N) is 1. The number of thiophene rings is 1. The van der Waals surface area contributed by atoms with E-state index < -0.39 is 0 Å². The highest BCUT2D eigenvalue weighted by atomic mass is 32.1. The predicted octanol–water partition coefficient (Wildman–Crippen LogP) is 2.87. The molecular formula is C21H24N4O2S. The third-order valence-corrected chi connectivity index (χ3v) is 6.64. The fraction of sp³-hybridized carbons (Fsp3) is 0.381. The normalized spacial score (nSPS) is 15.8. The van der Waals surface area contributed by atoms with E-state index in [1.54, 1.807) is 7.05 Å². The van der Waals surface area contributed by atoms with Crippen LogP contribution < -0.4 is 10.9 Å². The van der Waals surface area contributed by atoms with Crippen LogP contribution in [-0.4, -0.2) is 40.0 Å². The summed E-state index contributed by atoms with van der Waals surface area (Å²) in [5.41, 5.74) is 1.81. The van der Waals surface area contributed by atoms with Crippen molar-refractivity contribution in [1.82, 2.24) is 19.8 Å². The highest BCUT2D eigenvalue weighted by Gasteiger charge is 2.25. The quantitative estimate of drug-likeness (QED) is 0.720. The third kappa shape index (κ3) is 3.47. The van der Waals surface area contributed by atoms with Gasteiger partial charge in [-0.05, 0) is 44.0 Å². The molecule has 6 nitrogen and oxygen atoms in total. The first-order chi connectivity index (χ1) is 13.6. The van der Waals surface area contributed by atoms with Crippen LogP contribution in [0.25, 0.3) is 10.2 Å². The van der Waals surface area contributed by atoms with E-state index in [4.69, 9.17) is 0 Å². The number of amides is 1. The minimum absolute atomic E-state index is 0.114. The zero-order valence-corrected chi connectivity index (χ0v) is 17.0. The Morgan fingerprint density at radius 2 is 1.96 bits per heavy atom. The van der Waals surface area contributed by atoms with Crippen molar-refractivity contribution in [2.45, 2.75) is 25.8 Å². The third-order valence-electron chi connectivity index (χ3n) is 5.44. The van der Waals surface area contributed by atoms with Crippen molar-refractivity contribution in [2.75, 3.05) is 19.6 Å². The Kier molecular flexibility index (Phi) is 5.28. The van der Waals surface area contributed by atoms with E-state index in [9.17, 15) is 9.59 Å². The van der Waals surface area contributed by atoms with E-state index in [0.29, 0.717) is 27.2 Å². The molecule has 3 aromatic rings. The minimum Gasteiger partial charge on any atom is -0.349 e. The first-order valence-corrected chi connectivity index (χ1v) is 10.4. The number of benzene rings is 1. The first-order valence-electron chi connectivity index (χ1n) is 9.58. The van der Waals surface area contributed by atoms with Crippen LogP contribution in [0.1, 0.15) is 39.7 Å². The lowest BCUT2D eigenvalue weighted by atomic mass is 10.1. The molecule has 0 saturated carbocycles. The maximum absolute atomic E-state index is 12.9. The summed E-state index contributed by atoms with van der Waals surface area (Å²) < 4.78 is 1.45. The Morgan fingerprint density at radius 1 is 1.25 bits per heavy atom. The molecule has 3 heterocycles. The molecule has 0 radical (unpaired) electrons. The zero-order valence-electron chi connectivity index (χ0n) is 16.1. The van der Waals surface area contributed by atoms with Crippen molar-refractivity contribution >= 4 is 27.5 Å². The lowest BCUT2D eigenvalue weighted by molar-refractivity contribution is 0.0941. The summed E-state index contributed by atoms with van der Waals surface area (Å²) in [6.45, 7) is 4.47. The Morgan fingerprint density at radius 3 is 2.68 bits per heavy atom. The smallest absolute Gasteiger partial charge is 0.262 e. The van der Waals surface area contributed by atoms with Crippen LogP contribution >= 0.6 is 11.3 Å². The lowest BCUT2D eigenvalue weighted by Crippen LogP contribution is -2.36. The number of aryl methyl sites for hydroxylation is 2. The fourth-order valence-electron chi connectivity index (χ4n) is 3.88. The molecule has 146 valence electrons. The molecule has 1 amide bonds. The van der Waals surface area contributed by atoms with Crippen molar-refractivity contribution in [1.29, 1.82) is 0 Å². The molecule has 0 spiro atoms. The number of carbonyl (C=O) groups excluding carboxylic acids is 1. The van der Waals surface area contributed by atoms with E-state index in [0.717, 1.165) is 13.1 Å². The number of fused-ring (bicyclic) bond motifs is 1. The van der Waals surface area contributed by atoms with Crippen LogP contribution in [0.15, 0.2) is 41.5 Å². The number of hydrogen-bond donors (Lipinski definition) is 1. The fourth-order valence-corrected chi connectivity index (χ4v) is 4.94. The van der Waals surface area contributed by atoms with Gasteiger partial charge < -0.3 is 9.88 Å². The minimum atomic E-state index is -0.136. The van der Waals surface area contributed by atoms with Crippen molar-refractivity contribution in [3.8, 4) is 0 Å². The number of carbonyl (C=O) groups is 1. The second-order valence-corrected chi connectivity index (χ2v) is 8.28.